The highest BCUT2D eigenvalue weighted by Gasteiger charge is 2.29. The highest BCUT2D eigenvalue weighted by atomic mass is 32.1. The largest absolute Gasteiger partial charge is 0.371 e. The van der Waals surface area contributed by atoms with Gasteiger partial charge in [0.25, 0.3) is 5.91 Å². The van der Waals surface area contributed by atoms with Gasteiger partial charge in [-0.25, -0.2) is 0 Å². The molecule has 0 radical (unpaired) electrons. The Kier molecular flexibility index (Phi) is 5.21. The van der Waals surface area contributed by atoms with E-state index in [2.05, 4.69) is 45.5 Å². The summed E-state index contributed by atoms with van der Waals surface area (Å²) in [5, 5.41) is 5.09. The number of amides is 1. The average molecular weight is 418 g/mol. The first kappa shape index (κ1) is 19.2. The number of ether oxygens (including phenoxy) is 1. The van der Waals surface area contributed by atoms with E-state index in [-0.39, 0.29) is 12.0 Å². The molecule has 1 saturated heterocycles. The second-order valence-corrected chi connectivity index (χ2v) is 8.55. The van der Waals surface area contributed by atoms with E-state index in [0.717, 1.165) is 45.7 Å². The summed E-state index contributed by atoms with van der Waals surface area (Å²) in [5.74, 6) is -0.0490. The highest BCUT2D eigenvalue weighted by Crippen LogP contribution is 2.38. The Morgan fingerprint density at radius 2 is 2.03 bits per heavy atom. The second-order valence-electron chi connectivity index (χ2n) is 7.50. The third-order valence-corrected chi connectivity index (χ3v) is 6.85. The highest BCUT2D eigenvalue weighted by molar-refractivity contribution is 7.21. The molecule has 30 heavy (non-hydrogen) atoms. The number of rotatable bonds is 4. The van der Waals surface area contributed by atoms with E-state index in [1.165, 1.54) is 22.3 Å². The number of fused-ring (bicyclic) bond motifs is 2. The number of aromatic nitrogens is 1. The molecule has 152 valence electrons. The van der Waals surface area contributed by atoms with Gasteiger partial charge in [0.1, 0.15) is 0 Å². The lowest BCUT2D eigenvalue weighted by Gasteiger charge is -2.33. The Bertz CT molecular complexity index is 1210. The zero-order chi connectivity index (χ0) is 20.5. The maximum atomic E-state index is 12.6. The van der Waals surface area contributed by atoms with Crippen LogP contribution in [0, 0.1) is 0 Å². The van der Waals surface area contributed by atoms with Gasteiger partial charge < -0.3 is 10.1 Å². The van der Waals surface area contributed by atoms with Crippen LogP contribution in [0.2, 0.25) is 0 Å². The molecule has 1 unspecified atom stereocenters. The molecule has 6 heteroatoms. The second kappa shape index (κ2) is 8.14. The van der Waals surface area contributed by atoms with Gasteiger partial charge in [0, 0.05) is 48.5 Å². The fourth-order valence-corrected chi connectivity index (χ4v) is 5.43. The van der Waals surface area contributed by atoms with E-state index in [1.54, 1.807) is 7.05 Å². The summed E-state index contributed by atoms with van der Waals surface area (Å²) in [6.07, 6.45) is 1.70. The van der Waals surface area contributed by atoms with Gasteiger partial charge in [0.2, 0.25) is 0 Å². The molecular formula is C24H23N3O2S. The lowest BCUT2D eigenvalue weighted by molar-refractivity contribution is -0.0321. The van der Waals surface area contributed by atoms with Crippen molar-refractivity contribution in [1.82, 2.24) is 15.2 Å². The molecule has 2 aromatic heterocycles. The van der Waals surface area contributed by atoms with E-state index in [9.17, 15) is 4.79 Å². The molecule has 1 atom stereocenters. The Hall–Kier alpha value is -2.80. The van der Waals surface area contributed by atoms with Crippen LogP contribution in [0.15, 0.2) is 60.8 Å². The van der Waals surface area contributed by atoms with Crippen molar-refractivity contribution in [3.8, 4) is 0 Å². The Labute approximate surface area is 179 Å². The van der Waals surface area contributed by atoms with Gasteiger partial charge in [-0.1, -0.05) is 36.4 Å². The standard InChI is InChI=1S/C24H23N3O2S/c1-25-24(28)23-22(18-7-2-3-10-21(18)30-23)20-15-27(12-13-29-20)14-16-6-4-9-19-17(16)8-5-11-26-19/h2-11,20H,12-15H2,1H3,(H,25,28). The average Bonchev–Trinajstić information content (AvgIpc) is 3.19. The van der Waals surface area contributed by atoms with Crippen LogP contribution < -0.4 is 5.32 Å². The molecule has 0 spiro atoms. The van der Waals surface area contributed by atoms with Crippen LogP contribution in [-0.2, 0) is 11.3 Å². The molecule has 0 aliphatic carbocycles. The topological polar surface area (TPSA) is 54.5 Å². The summed E-state index contributed by atoms with van der Waals surface area (Å²) < 4.78 is 7.31. The summed E-state index contributed by atoms with van der Waals surface area (Å²) >= 11 is 1.54. The molecule has 0 saturated carbocycles. The number of pyridine rings is 1. The Morgan fingerprint density at radius 3 is 2.93 bits per heavy atom. The van der Waals surface area contributed by atoms with E-state index in [4.69, 9.17) is 4.74 Å². The van der Waals surface area contributed by atoms with Crippen LogP contribution in [0.4, 0.5) is 0 Å². The molecule has 2 aromatic carbocycles. The number of benzene rings is 2. The molecule has 5 nitrogen and oxygen atoms in total. The number of thiophene rings is 1. The van der Waals surface area contributed by atoms with Crippen molar-refractivity contribution < 1.29 is 9.53 Å². The third kappa shape index (κ3) is 3.47. The number of hydrogen-bond donors (Lipinski definition) is 1. The lowest BCUT2D eigenvalue weighted by Crippen LogP contribution is -2.38. The predicted octanol–water partition coefficient (Wildman–Crippen LogP) is 4.38. The van der Waals surface area contributed by atoms with Gasteiger partial charge >= 0.3 is 0 Å². The molecule has 1 aliphatic rings. The van der Waals surface area contributed by atoms with E-state index < -0.39 is 0 Å². The van der Waals surface area contributed by atoms with Gasteiger partial charge in [0.05, 0.1) is 23.1 Å². The molecule has 5 rings (SSSR count). The Morgan fingerprint density at radius 1 is 1.17 bits per heavy atom. The van der Waals surface area contributed by atoms with Gasteiger partial charge in [-0.05, 0) is 29.1 Å². The Balaban J connectivity index is 1.47. The van der Waals surface area contributed by atoms with E-state index in [1.807, 2.05) is 30.5 Å². The van der Waals surface area contributed by atoms with Crippen LogP contribution in [0.25, 0.3) is 21.0 Å². The van der Waals surface area contributed by atoms with Crippen LogP contribution in [0.3, 0.4) is 0 Å². The van der Waals surface area contributed by atoms with Crippen LogP contribution in [0.5, 0.6) is 0 Å². The van der Waals surface area contributed by atoms with Crippen LogP contribution in [0.1, 0.15) is 26.9 Å². The number of carbonyl (C=O) groups is 1. The van der Waals surface area contributed by atoms with Crippen molar-refractivity contribution in [3.63, 3.8) is 0 Å². The summed E-state index contributed by atoms with van der Waals surface area (Å²) in [6, 6.07) is 18.6. The fourth-order valence-electron chi connectivity index (χ4n) is 4.23. The third-order valence-electron chi connectivity index (χ3n) is 5.67. The smallest absolute Gasteiger partial charge is 0.261 e. The van der Waals surface area contributed by atoms with Gasteiger partial charge in [-0.3, -0.25) is 14.7 Å². The van der Waals surface area contributed by atoms with Gasteiger partial charge in [-0.15, -0.1) is 11.3 Å². The minimum atomic E-state index is -0.129. The zero-order valence-corrected chi connectivity index (χ0v) is 17.6. The quantitative estimate of drug-likeness (QED) is 0.535. The zero-order valence-electron chi connectivity index (χ0n) is 16.8. The number of nitrogens with one attached hydrogen (secondary N) is 1. The van der Waals surface area contributed by atoms with Crippen molar-refractivity contribution in [2.75, 3.05) is 26.7 Å². The number of nitrogens with zero attached hydrogens (tertiary/aromatic N) is 2. The molecule has 1 aliphatic heterocycles. The van der Waals surface area contributed by atoms with Crippen LogP contribution in [-0.4, -0.2) is 42.5 Å². The van der Waals surface area contributed by atoms with Crippen molar-refractivity contribution >= 4 is 38.2 Å². The maximum absolute atomic E-state index is 12.6. The molecule has 1 amide bonds. The molecule has 4 aromatic rings. The summed E-state index contributed by atoms with van der Waals surface area (Å²) in [6.45, 7) is 3.09. The molecule has 0 bridgehead atoms. The minimum Gasteiger partial charge on any atom is -0.371 e. The van der Waals surface area contributed by atoms with Crippen molar-refractivity contribution in [1.29, 1.82) is 0 Å². The number of hydrogen-bond acceptors (Lipinski definition) is 5. The van der Waals surface area contributed by atoms with Crippen molar-refractivity contribution in [3.05, 3.63) is 76.8 Å². The number of morpholine rings is 1. The summed E-state index contributed by atoms with van der Waals surface area (Å²) in [5.41, 5.74) is 3.30. The lowest BCUT2D eigenvalue weighted by atomic mass is 10.0. The first-order valence-electron chi connectivity index (χ1n) is 10.1. The van der Waals surface area contributed by atoms with E-state index >= 15 is 0 Å². The monoisotopic (exact) mass is 417 g/mol. The SMILES string of the molecule is CNC(=O)c1sc2ccccc2c1C1CN(Cc2cccc3ncccc23)CCO1. The molecule has 1 fully saturated rings. The number of carbonyl (C=O) groups excluding carboxylic acids is 1. The van der Waals surface area contributed by atoms with E-state index in [0.29, 0.717) is 6.61 Å². The first-order valence-corrected chi connectivity index (χ1v) is 11.0. The molecule has 3 heterocycles. The minimum absolute atomic E-state index is 0.0490. The summed E-state index contributed by atoms with van der Waals surface area (Å²) in [4.78, 5) is 20.2. The van der Waals surface area contributed by atoms with Crippen LogP contribution >= 0.6 is 11.3 Å². The molecular weight excluding hydrogens is 394 g/mol. The first-order chi connectivity index (χ1) is 14.7. The summed E-state index contributed by atoms with van der Waals surface area (Å²) in [7, 11) is 1.68. The van der Waals surface area contributed by atoms with Gasteiger partial charge in [0.15, 0.2) is 0 Å². The normalized spacial score (nSPS) is 17.4. The van der Waals surface area contributed by atoms with Gasteiger partial charge in [-0.2, -0.15) is 0 Å². The van der Waals surface area contributed by atoms with Crippen molar-refractivity contribution in [2.24, 2.45) is 0 Å². The van der Waals surface area contributed by atoms with Crippen molar-refractivity contribution in [2.45, 2.75) is 12.6 Å². The fraction of sp³-hybridized carbons (Fsp3) is 0.250. The molecule has 1 N–H and O–H groups in total. The maximum Gasteiger partial charge on any atom is 0.261 e. The predicted molar refractivity (Wildman–Crippen MR) is 121 cm³/mol.